The molecule has 0 N–H and O–H groups in total. The summed E-state index contributed by atoms with van der Waals surface area (Å²) in [6.45, 7) is 11.4. The molecule has 1 aliphatic carbocycles. The van der Waals surface area contributed by atoms with Crippen LogP contribution >= 0.6 is 11.6 Å². The van der Waals surface area contributed by atoms with E-state index in [0.29, 0.717) is 0 Å². The van der Waals surface area contributed by atoms with Gasteiger partial charge in [-0.3, -0.25) is 0 Å². The van der Waals surface area contributed by atoms with E-state index in [0.717, 1.165) is 5.02 Å². The monoisotopic (exact) mass is 284 g/mol. The molecule has 0 atom stereocenters. The zero-order valence-electron chi connectivity index (χ0n) is 12.8. The fourth-order valence-corrected chi connectivity index (χ4v) is 3.49. The van der Waals surface area contributed by atoms with Crippen LogP contribution in [-0.4, -0.2) is 0 Å². The Hall–Kier alpha value is -1.27. The molecule has 0 amide bonds. The predicted molar refractivity (Wildman–Crippen MR) is 87.7 cm³/mol. The summed E-state index contributed by atoms with van der Waals surface area (Å²) in [6, 6.07) is 13.1. The lowest BCUT2D eigenvalue weighted by molar-refractivity contribution is 0.584. The van der Waals surface area contributed by atoms with Gasteiger partial charge in [0.15, 0.2) is 0 Å². The minimum absolute atomic E-state index is 0.0246. The summed E-state index contributed by atoms with van der Waals surface area (Å²) in [5.41, 5.74) is 6.83. The molecule has 0 unspecified atom stereocenters. The van der Waals surface area contributed by atoms with Crippen molar-refractivity contribution < 1.29 is 0 Å². The fourth-order valence-electron chi connectivity index (χ4n) is 3.21. The van der Waals surface area contributed by atoms with Gasteiger partial charge in [-0.05, 0) is 33.7 Å². The van der Waals surface area contributed by atoms with E-state index in [2.05, 4.69) is 65.0 Å². The first-order valence-electron chi connectivity index (χ1n) is 7.17. The van der Waals surface area contributed by atoms with Gasteiger partial charge in [0.2, 0.25) is 0 Å². The number of hydrogen-bond acceptors (Lipinski definition) is 0. The average Bonchev–Trinajstić information content (AvgIpc) is 2.59. The summed E-state index contributed by atoms with van der Waals surface area (Å²) in [7, 11) is 0. The molecule has 2 aromatic rings. The van der Waals surface area contributed by atoms with Crippen LogP contribution in [0.3, 0.4) is 0 Å². The Kier molecular flexibility index (Phi) is 2.82. The molecule has 0 aromatic heterocycles. The molecule has 0 saturated carbocycles. The lowest BCUT2D eigenvalue weighted by Crippen LogP contribution is -2.17. The van der Waals surface area contributed by atoms with Crippen molar-refractivity contribution in [1.29, 1.82) is 0 Å². The second-order valence-corrected chi connectivity index (χ2v) is 7.70. The van der Waals surface area contributed by atoms with Gasteiger partial charge >= 0.3 is 0 Å². The van der Waals surface area contributed by atoms with Gasteiger partial charge < -0.3 is 0 Å². The maximum atomic E-state index is 6.45. The normalized spacial score (nSPS) is 15.9. The third-order valence-electron chi connectivity index (χ3n) is 4.52. The summed E-state index contributed by atoms with van der Waals surface area (Å²) < 4.78 is 0. The highest BCUT2D eigenvalue weighted by atomic mass is 35.5. The van der Waals surface area contributed by atoms with E-state index < -0.39 is 0 Å². The van der Waals surface area contributed by atoms with Crippen molar-refractivity contribution in [2.75, 3.05) is 0 Å². The maximum Gasteiger partial charge on any atom is 0.0487 e. The Morgan fingerprint density at radius 3 is 2.30 bits per heavy atom. The van der Waals surface area contributed by atoms with E-state index in [9.17, 15) is 0 Å². The molecular weight excluding hydrogens is 264 g/mol. The standard InChI is InChI=1S/C19H21Cl/c1-18(2,3)12-9-10-13-15(11-12)19(4,5)14-7-6-8-16(20)17(13)14/h6-11H,1-5H3. The molecule has 1 aliphatic rings. The molecule has 0 spiro atoms. The first-order chi connectivity index (χ1) is 9.23. The van der Waals surface area contributed by atoms with E-state index in [1.165, 1.54) is 27.8 Å². The Balaban J connectivity index is 2.31. The molecule has 20 heavy (non-hydrogen) atoms. The second kappa shape index (κ2) is 4.11. The summed E-state index contributed by atoms with van der Waals surface area (Å²) in [5, 5.41) is 0.859. The van der Waals surface area contributed by atoms with Crippen molar-refractivity contribution in [2.24, 2.45) is 0 Å². The Morgan fingerprint density at radius 2 is 1.65 bits per heavy atom. The van der Waals surface area contributed by atoms with Crippen LogP contribution in [-0.2, 0) is 10.8 Å². The average molecular weight is 285 g/mol. The number of benzene rings is 2. The minimum Gasteiger partial charge on any atom is -0.0837 e. The van der Waals surface area contributed by atoms with Crippen LogP contribution in [0.1, 0.15) is 51.3 Å². The lowest BCUT2D eigenvalue weighted by Gasteiger charge is -2.25. The van der Waals surface area contributed by atoms with E-state index in [-0.39, 0.29) is 10.8 Å². The summed E-state index contributed by atoms with van der Waals surface area (Å²) in [4.78, 5) is 0. The van der Waals surface area contributed by atoms with Crippen molar-refractivity contribution in [3.05, 3.63) is 58.1 Å². The van der Waals surface area contributed by atoms with Gasteiger partial charge in [0.25, 0.3) is 0 Å². The fraction of sp³-hybridized carbons (Fsp3) is 0.368. The summed E-state index contributed by atoms with van der Waals surface area (Å²) in [5.74, 6) is 0. The van der Waals surface area contributed by atoms with E-state index in [1.54, 1.807) is 0 Å². The first kappa shape index (κ1) is 13.7. The van der Waals surface area contributed by atoms with Crippen LogP contribution in [0.2, 0.25) is 5.02 Å². The van der Waals surface area contributed by atoms with Crippen LogP contribution in [0.4, 0.5) is 0 Å². The Morgan fingerprint density at radius 1 is 0.950 bits per heavy atom. The molecular formula is C19H21Cl. The highest BCUT2D eigenvalue weighted by molar-refractivity contribution is 6.33. The van der Waals surface area contributed by atoms with Crippen LogP contribution in [0.25, 0.3) is 11.1 Å². The van der Waals surface area contributed by atoms with Gasteiger partial charge in [-0.25, -0.2) is 0 Å². The number of halogens is 1. The Labute approximate surface area is 126 Å². The van der Waals surface area contributed by atoms with E-state index >= 15 is 0 Å². The molecule has 104 valence electrons. The SMILES string of the molecule is CC(C)(C)c1ccc2c(c1)C(C)(C)c1cccc(Cl)c1-2. The minimum atomic E-state index is 0.0246. The highest BCUT2D eigenvalue weighted by Crippen LogP contribution is 2.51. The van der Waals surface area contributed by atoms with Crippen LogP contribution in [0, 0.1) is 0 Å². The van der Waals surface area contributed by atoms with Gasteiger partial charge in [-0.2, -0.15) is 0 Å². The van der Waals surface area contributed by atoms with Crippen molar-refractivity contribution in [3.8, 4) is 11.1 Å². The van der Waals surface area contributed by atoms with Crippen LogP contribution < -0.4 is 0 Å². The van der Waals surface area contributed by atoms with E-state index in [1.807, 2.05) is 6.07 Å². The topological polar surface area (TPSA) is 0 Å². The van der Waals surface area contributed by atoms with Gasteiger partial charge in [0, 0.05) is 16.0 Å². The Bertz CT molecular complexity index is 687. The molecule has 0 fully saturated rings. The van der Waals surface area contributed by atoms with Crippen molar-refractivity contribution in [1.82, 2.24) is 0 Å². The van der Waals surface area contributed by atoms with Gasteiger partial charge in [-0.15, -0.1) is 0 Å². The maximum absolute atomic E-state index is 6.45. The molecule has 0 nitrogen and oxygen atoms in total. The smallest absolute Gasteiger partial charge is 0.0487 e. The predicted octanol–water partition coefficient (Wildman–Crippen LogP) is 5.94. The van der Waals surface area contributed by atoms with Crippen LogP contribution in [0.15, 0.2) is 36.4 Å². The van der Waals surface area contributed by atoms with Crippen molar-refractivity contribution in [3.63, 3.8) is 0 Å². The van der Waals surface area contributed by atoms with Crippen molar-refractivity contribution in [2.45, 2.75) is 45.4 Å². The third kappa shape index (κ3) is 1.82. The second-order valence-electron chi connectivity index (χ2n) is 7.30. The van der Waals surface area contributed by atoms with E-state index in [4.69, 9.17) is 11.6 Å². The molecule has 1 heteroatoms. The summed E-state index contributed by atoms with van der Waals surface area (Å²) >= 11 is 6.45. The third-order valence-corrected chi connectivity index (χ3v) is 4.83. The number of hydrogen-bond donors (Lipinski definition) is 0. The zero-order chi connectivity index (χ0) is 14.7. The highest BCUT2D eigenvalue weighted by Gasteiger charge is 2.37. The molecule has 2 aromatic carbocycles. The zero-order valence-corrected chi connectivity index (χ0v) is 13.6. The first-order valence-corrected chi connectivity index (χ1v) is 7.55. The van der Waals surface area contributed by atoms with Gasteiger partial charge in [0.05, 0.1) is 0 Å². The largest absolute Gasteiger partial charge is 0.0837 e. The molecule has 0 heterocycles. The van der Waals surface area contributed by atoms with Gasteiger partial charge in [0.1, 0.15) is 0 Å². The summed E-state index contributed by atoms with van der Waals surface area (Å²) in [6.07, 6.45) is 0. The number of rotatable bonds is 0. The molecule has 0 bridgehead atoms. The number of fused-ring (bicyclic) bond motifs is 3. The molecule has 0 saturated heterocycles. The molecule has 0 aliphatic heterocycles. The van der Waals surface area contributed by atoms with Crippen molar-refractivity contribution >= 4 is 11.6 Å². The van der Waals surface area contributed by atoms with Crippen LogP contribution in [0.5, 0.6) is 0 Å². The quantitative estimate of drug-likeness (QED) is 0.561. The molecule has 3 rings (SSSR count). The van der Waals surface area contributed by atoms with Gasteiger partial charge in [-0.1, -0.05) is 76.6 Å². The lowest BCUT2D eigenvalue weighted by atomic mass is 9.79. The molecule has 0 radical (unpaired) electrons.